The summed E-state index contributed by atoms with van der Waals surface area (Å²) in [5.41, 5.74) is 2.21. The molecule has 1 aliphatic rings. The average Bonchev–Trinajstić information content (AvgIpc) is 3.05. The maximum atomic E-state index is 10.8. The molecule has 0 unspecified atom stereocenters. The molecule has 1 atom stereocenters. The summed E-state index contributed by atoms with van der Waals surface area (Å²) in [7, 11) is 0. The lowest BCUT2D eigenvalue weighted by molar-refractivity contribution is -0.137. The van der Waals surface area contributed by atoms with Crippen molar-refractivity contribution in [3.05, 3.63) is 22.1 Å². The number of nitrogens with zero attached hydrogens (tertiary/aromatic N) is 4. The van der Waals surface area contributed by atoms with E-state index in [1.807, 2.05) is 6.92 Å². The molecule has 3 heterocycles. The van der Waals surface area contributed by atoms with Gasteiger partial charge in [-0.2, -0.15) is 4.52 Å². The summed E-state index contributed by atoms with van der Waals surface area (Å²) in [6.07, 6.45) is 3.77. The number of fused-ring (bicyclic) bond motifs is 5. The van der Waals surface area contributed by atoms with Gasteiger partial charge in [-0.05, 0) is 37.7 Å². The molecule has 0 saturated heterocycles. The van der Waals surface area contributed by atoms with Gasteiger partial charge < -0.3 is 5.11 Å². The van der Waals surface area contributed by atoms with Gasteiger partial charge in [0.15, 0.2) is 11.5 Å². The van der Waals surface area contributed by atoms with Crippen LogP contribution in [0.1, 0.15) is 41.9 Å². The number of carboxylic acids is 1. The first-order chi connectivity index (χ1) is 11.0. The zero-order chi connectivity index (χ0) is 16.1. The zero-order valence-electron chi connectivity index (χ0n) is 13.2. The third kappa shape index (κ3) is 2.39. The predicted molar refractivity (Wildman–Crippen MR) is 88.0 cm³/mol. The number of aromatic nitrogens is 4. The Morgan fingerprint density at radius 1 is 1.43 bits per heavy atom. The standard InChI is InChI=1S/C16H18N4O2S/c1-8-3-4-10-11(7-8)23-16-14(10)15-18-12(5-6-13(21)22)19-20(15)9(2)17-16/h8H,3-7H2,1-2H3,(H,21,22)/t8-/m0/s1. The summed E-state index contributed by atoms with van der Waals surface area (Å²) in [6.45, 7) is 4.21. The van der Waals surface area contributed by atoms with Gasteiger partial charge in [0, 0.05) is 11.3 Å². The van der Waals surface area contributed by atoms with E-state index in [2.05, 4.69) is 17.0 Å². The summed E-state index contributed by atoms with van der Waals surface area (Å²) in [6, 6.07) is 0. The molecule has 23 heavy (non-hydrogen) atoms. The van der Waals surface area contributed by atoms with Crippen molar-refractivity contribution in [3.63, 3.8) is 0 Å². The molecule has 6 nitrogen and oxygen atoms in total. The summed E-state index contributed by atoms with van der Waals surface area (Å²) in [5.74, 6) is 1.27. The highest BCUT2D eigenvalue weighted by molar-refractivity contribution is 7.19. The lowest BCUT2D eigenvalue weighted by atomic mass is 9.89. The molecule has 3 aromatic rings. The van der Waals surface area contributed by atoms with Crippen molar-refractivity contribution in [3.8, 4) is 0 Å². The molecule has 1 N–H and O–H groups in total. The molecule has 7 heteroatoms. The highest BCUT2D eigenvalue weighted by Crippen LogP contribution is 2.38. The molecular weight excluding hydrogens is 312 g/mol. The van der Waals surface area contributed by atoms with Crippen molar-refractivity contribution in [2.24, 2.45) is 5.92 Å². The second-order valence-corrected chi connectivity index (χ2v) is 7.43. The lowest BCUT2D eigenvalue weighted by Gasteiger charge is -2.17. The smallest absolute Gasteiger partial charge is 0.303 e. The van der Waals surface area contributed by atoms with Crippen molar-refractivity contribution in [1.82, 2.24) is 19.6 Å². The number of hydrogen-bond donors (Lipinski definition) is 1. The van der Waals surface area contributed by atoms with E-state index in [-0.39, 0.29) is 6.42 Å². The summed E-state index contributed by atoms with van der Waals surface area (Å²) in [4.78, 5) is 22.6. The predicted octanol–water partition coefficient (Wildman–Crippen LogP) is 2.79. The van der Waals surface area contributed by atoms with Crippen LogP contribution >= 0.6 is 11.3 Å². The van der Waals surface area contributed by atoms with Crippen LogP contribution in [0.3, 0.4) is 0 Å². The third-order valence-electron chi connectivity index (χ3n) is 4.50. The van der Waals surface area contributed by atoms with Crippen molar-refractivity contribution >= 4 is 33.2 Å². The first kappa shape index (κ1) is 14.6. The highest BCUT2D eigenvalue weighted by Gasteiger charge is 2.24. The monoisotopic (exact) mass is 330 g/mol. The molecule has 0 bridgehead atoms. The van der Waals surface area contributed by atoms with Crippen LogP contribution in [-0.4, -0.2) is 30.7 Å². The van der Waals surface area contributed by atoms with Gasteiger partial charge in [0.2, 0.25) is 0 Å². The van der Waals surface area contributed by atoms with Crippen molar-refractivity contribution in [1.29, 1.82) is 0 Å². The molecule has 3 aromatic heterocycles. The summed E-state index contributed by atoms with van der Waals surface area (Å²) in [5, 5.41) is 14.4. The fraction of sp³-hybridized carbons (Fsp3) is 0.500. The zero-order valence-corrected chi connectivity index (χ0v) is 14.0. The van der Waals surface area contributed by atoms with Gasteiger partial charge in [0.1, 0.15) is 10.7 Å². The maximum absolute atomic E-state index is 10.8. The molecule has 0 saturated carbocycles. The normalized spacial score (nSPS) is 17.7. The largest absolute Gasteiger partial charge is 0.481 e. The Morgan fingerprint density at radius 2 is 2.26 bits per heavy atom. The summed E-state index contributed by atoms with van der Waals surface area (Å²) >= 11 is 1.77. The van der Waals surface area contributed by atoms with Crippen LogP contribution in [0.25, 0.3) is 15.9 Å². The Labute approximate surface area is 137 Å². The molecule has 0 fully saturated rings. The van der Waals surface area contributed by atoms with E-state index >= 15 is 0 Å². The fourth-order valence-corrected chi connectivity index (χ4v) is 4.73. The molecular formula is C16H18N4O2S. The van der Waals surface area contributed by atoms with Crippen LogP contribution in [0, 0.1) is 12.8 Å². The number of carboxylic acid groups (broad SMARTS) is 1. The molecule has 0 spiro atoms. The van der Waals surface area contributed by atoms with Gasteiger partial charge in [-0.15, -0.1) is 16.4 Å². The maximum Gasteiger partial charge on any atom is 0.303 e. The lowest BCUT2D eigenvalue weighted by Crippen LogP contribution is -2.08. The van der Waals surface area contributed by atoms with E-state index in [4.69, 9.17) is 10.1 Å². The molecule has 0 radical (unpaired) electrons. The van der Waals surface area contributed by atoms with Crippen LogP contribution in [-0.2, 0) is 24.1 Å². The highest BCUT2D eigenvalue weighted by atomic mass is 32.1. The summed E-state index contributed by atoms with van der Waals surface area (Å²) < 4.78 is 1.77. The fourth-order valence-electron chi connectivity index (χ4n) is 3.31. The number of hydrogen-bond acceptors (Lipinski definition) is 5. The Bertz CT molecular complexity index is 927. The minimum Gasteiger partial charge on any atom is -0.481 e. The van der Waals surface area contributed by atoms with Crippen molar-refractivity contribution < 1.29 is 9.90 Å². The van der Waals surface area contributed by atoms with E-state index in [0.29, 0.717) is 12.2 Å². The number of thiophene rings is 1. The van der Waals surface area contributed by atoms with E-state index in [0.717, 1.165) is 40.4 Å². The van der Waals surface area contributed by atoms with Crippen molar-refractivity contribution in [2.75, 3.05) is 0 Å². The van der Waals surface area contributed by atoms with Crippen molar-refractivity contribution in [2.45, 2.75) is 46.0 Å². The Balaban J connectivity index is 1.90. The van der Waals surface area contributed by atoms with E-state index in [1.54, 1.807) is 15.9 Å². The topological polar surface area (TPSA) is 80.4 Å². The minimum atomic E-state index is -0.828. The molecule has 0 aromatic carbocycles. The van der Waals surface area contributed by atoms with Gasteiger partial charge >= 0.3 is 5.97 Å². The van der Waals surface area contributed by atoms with Crippen LogP contribution in [0.15, 0.2) is 0 Å². The van der Waals surface area contributed by atoms with E-state index in [1.165, 1.54) is 16.9 Å². The SMILES string of the molecule is Cc1nc2sc3c(c2c2nc(CCC(=O)O)nn12)CC[C@H](C)C3. The number of aryl methyl sites for hydroxylation is 3. The van der Waals surface area contributed by atoms with Gasteiger partial charge in [0.05, 0.1) is 11.8 Å². The van der Waals surface area contributed by atoms with Gasteiger partial charge in [0.25, 0.3) is 0 Å². The molecule has 0 aliphatic heterocycles. The molecule has 1 aliphatic carbocycles. The Hall–Kier alpha value is -2.02. The minimum absolute atomic E-state index is 0.0474. The van der Waals surface area contributed by atoms with E-state index in [9.17, 15) is 4.79 Å². The first-order valence-corrected chi connectivity index (χ1v) is 8.73. The van der Waals surface area contributed by atoms with Crippen LogP contribution in [0.4, 0.5) is 0 Å². The van der Waals surface area contributed by atoms with E-state index < -0.39 is 5.97 Å². The Morgan fingerprint density at radius 3 is 3.04 bits per heavy atom. The average molecular weight is 330 g/mol. The van der Waals surface area contributed by atoms with Gasteiger partial charge in [-0.25, -0.2) is 9.97 Å². The van der Waals surface area contributed by atoms with Crippen LogP contribution < -0.4 is 0 Å². The quantitative estimate of drug-likeness (QED) is 0.798. The van der Waals surface area contributed by atoms with Gasteiger partial charge in [-0.1, -0.05) is 6.92 Å². The number of aliphatic carboxylic acids is 1. The second kappa shape index (κ2) is 5.26. The third-order valence-corrected chi connectivity index (χ3v) is 5.65. The molecule has 0 amide bonds. The first-order valence-electron chi connectivity index (χ1n) is 7.91. The number of carbonyl (C=O) groups is 1. The second-order valence-electron chi connectivity index (χ2n) is 6.35. The van der Waals surface area contributed by atoms with Crippen LogP contribution in [0.2, 0.25) is 0 Å². The molecule has 4 rings (SSSR count). The van der Waals surface area contributed by atoms with Crippen LogP contribution in [0.5, 0.6) is 0 Å². The molecule has 120 valence electrons. The van der Waals surface area contributed by atoms with Gasteiger partial charge in [-0.3, -0.25) is 4.79 Å². The Kier molecular flexibility index (Phi) is 3.33. The number of rotatable bonds is 3.